The first kappa shape index (κ1) is 24.2. The highest BCUT2D eigenvalue weighted by Crippen LogP contribution is 2.60. The normalized spacial score (nSPS) is 31.1. The number of fused-ring (bicyclic) bond motifs is 3. The van der Waals surface area contributed by atoms with E-state index in [9.17, 15) is 19.5 Å². The van der Waals surface area contributed by atoms with Gasteiger partial charge in [0.05, 0.1) is 28.7 Å². The van der Waals surface area contributed by atoms with Gasteiger partial charge in [-0.25, -0.2) is 4.68 Å². The maximum Gasteiger partial charge on any atom is 0.248 e. The highest BCUT2D eigenvalue weighted by Gasteiger charge is 2.70. The molecule has 11 heteroatoms. The number of aliphatic hydroxyl groups is 1. The van der Waals surface area contributed by atoms with Crippen LogP contribution < -0.4 is 0 Å². The number of carbonyl (C=O) groups is 3. The number of para-hydroxylation sites is 1. The molecule has 37 heavy (non-hydrogen) atoms. The van der Waals surface area contributed by atoms with Crippen molar-refractivity contribution in [2.45, 2.75) is 36.1 Å². The van der Waals surface area contributed by atoms with Crippen molar-refractivity contribution in [1.29, 1.82) is 0 Å². The van der Waals surface area contributed by atoms with E-state index in [1.165, 1.54) is 4.90 Å². The Morgan fingerprint density at radius 2 is 1.86 bits per heavy atom. The Hall–Kier alpha value is -3.18. The van der Waals surface area contributed by atoms with Gasteiger partial charge >= 0.3 is 0 Å². The third-order valence-electron chi connectivity index (χ3n) is 7.88. The predicted octanol–water partition coefficient (Wildman–Crippen LogP) is 0.885. The third-order valence-corrected chi connectivity index (χ3v) is 9.63. The Morgan fingerprint density at radius 1 is 1.05 bits per heavy atom. The molecule has 4 aliphatic heterocycles. The summed E-state index contributed by atoms with van der Waals surface area (Å²) in [6.07, 6.45) is 8.81. The number of amides is 3. The van der Waals surface area contributed by atoms with E-state index in [1.54, 1.807) is 21.3 Å². The molecule has 1 aromatic carbocycles. The van der Waals surface area contributed by atoms with Crippen molar-refractivity contribution in [1.82, 2.24) is 29.7 Å². The van der Waals surface area contributed by atoms with Crippen LogP contribution in [0.2, 0.25) is 0 Å². The van der Waals surface area contributed by atoms with Crippen molar-refractivity contribution in [2.24, 2.45) is 11.8 Å². The number of carbonyl (C=O) groups excluding carboxylic acids is 3. The van der Waals surface area contributed by atoms with E-state index >= 15 is 0 Å². The van der Waals surface area contributed by atoms with Gasteiger partial charge in [-0.15, -0.1) is 16.9 Å². The molecule has 1 N–H and O–H groups in total. The van der Waals surface area contributed by atoms with Crippen LogP contribution in [-0.4, -0.2) is 101 Å². The van der Waals surface area contributed by atoms with Gasteiger partial charge in [0.15, 0.2) is 0 Å². The fraction of sp³-hybridized carbons (Fsp3) is 0.500. The van der Waals surface area contributed by atoms with Crippen molar-refractivity contribution in [2.75, 3.05) is 32.8 Å². The largest absolute Gasteiger partial charge is 0.395 e. The van der Waals surface area contributed by atoms with Crippen LogP contribution in [0.1, 0.15) is 13.3 Å². The summed E-state index contributed by atoms with van der Waals surface area (Å²) in [5.74, 6) is -1.68. The zero-order valence-electron chi connectivity index (χ0n) is 20.6. The average molecular weight is 523 g/mol. The summed E-state index contributed by atoms with van der Waals surface area (Å²) in [6, 6.07) is 6.74. The van der Waals surface area contributed by atoms with Crippen LogP contribution in [0, 0.1) is 11.8 Å². The summed E-state index contributed by atoms with van der Waals surface area (Å²) in [5.41, 5.74) is 1.55. The molecule has 4 aliphatic rings. The number of hydrogen-bond acceptors (Lipinski definition) is 7. The predicted molar refractivity (Wildman–Crippen MR) is 138 cm³/mol. The van der Waals surface area contributed by atoms with Gasteiger partial charge in [-0.05, 0) is 18.6 Å². The Labute approximate surface area is 218 Å². The molecule has 0 bridgehead atoms. The molecule has 0 saturated carbocycles. The number of benzene rings is 1. The van der Waals surface area contributed by atoms with Gasteiger partial charge in [-0.3, -0.25) is 14.4 Å². The Balaban J connectivity index is 1.38. The number of thioether (sulfide) groups is 1. The van der Waals surface area contributed by atoms with Crippen LogP contribution in [-0.2, 0) is 21.1 Å². The molecule has 194 valence electrons. The topological polar surface area (TPSA) is 112 Å². The second kappa shape index (κ2) is 9.29. The molecular weight excluding hydrogens is 492 g/mol. The van der Waals surface area contributed by atoms with E-state index in [0.29, 0.717) is 19.6 Å². The molecular formula is C26H30N6O4S. The second-order valence-electron chi connectivity index (χ2n) is 9.99. The van der Waals surface area contributed by atoms with Gasteiger partial charge in [0, 0.05) is 31.4 Å². The van der Waals surface area contributed by atoms with Crippen LogP contribution in [0.4, 0.5) is 0 Å². The number of aliphatic hydroxyl groups excluding tert-OH is 1. The van der Waals surface area contributed by atoms with Gasteiger partial charge in [0.25, 0.3) is 0 Å². The molecule has 1 spiro atoms. The number of β-amino-alcohol motifs (C(OH)–C–C–N with tert-alkyl or cyclic N) is 1. The van der Waals surface area contributed by atoms with Crippen molar-refractivity contribution < 1.29 is 19.5 Å². The molecule has 2 saturated heterocycles. The number of rotatable bonds is 6. The molecule has 5 atom stereocenters. The smallest absolute Gasteiger partial charge is 0.248 e. The highest BCUT2D eigenvalue weighted by atomic mass is 32.2. The summed E-state index contributed by atoms with van der Waals surface area (Å²) in [4.78, 5) is 46.9. The Bertz CT molecular complexity index is 1310. The zero-order valence-corrected chi connectivity index (χ0v) is 21.5. The van der Waals surface area contributed by atoms with Crippen molar-refractivity contribution in [3.8, 4) is 0 Å². The van der Waals surface area contributed by atoms with Crippen LogP contribution in [0.3, 0.4) is 0 Å². The summed E-state index contributed by atoms with van der Waals surface area (Å²) in [6.45, 7) is 3.51. The monoisotopic (exact) mass is 522 g/mol. The summed E-state index contributed by atoms with van der Waals surface area (Å²) in [5, 5.41) is 18.1. The number of nitrogens with zero attached hydrogens (tertiary/aromatic N) is 6. The van der Waals surface area contributed by atoms with Crippen LogP contribution >= 0.6 is 11.8 Å². The van der Waals surface area contributed by atoms with Crippen molar-refractivity contribution in [3.63, 3.8) is 0 Å². The molecule has 5 heterocycles. The van der Waals surface area contributed by atoms with E-state index in [2.05, 4.69) is 10.3 Å². The first-order valence-corrected chi connectivity index (χ1v) is 13.7. The quantitative estimate of drug-likeness (QED) is 0.561. The van der Waals surface area contributed by atoms with Gasteiger partial charge < -0.3 is 19.8 Å². The molecule has 1 unspecified atom stereocenters. The Morgan fingerprint density at radius 3 is 2.68 bits per heavy atom. The standard InChI is InChI=1S/C26H30N6O4S/c1-2-11-29-12-5-9-19-20(23(29)34)21-24(35)31(14-15-33)22-25(36)30(13-6-10-26(21,22)37-19)16-32-18-8-4-3-7-17(18)27-28-32/h3-10,19-22,33H,2,11-16H2,1H3/t19-,20+,21-,22?,26-/m0/s1. The minimum absolute atomic E-state index is 0.0276. The zero-order chi connectivity index (χ0) is 25.7. The molecule has 0 radical (unpaired) electrons. The highest BCUT2D eigenvalue weighted by molar-refractivity contribution is 8.02. The minimum atomic E-state index is -0.882. The third kappa shape index (κ3) is 3.62. The molecule has 0 aliphatic carbocycles. The van der Waals surface area contributed by atoms with Gasteiger partial charge in [0.1, 0.15) is 18.2 Å². The van der Waals surface area contributed by atoms with Crippen molar-refractivity contribution in [3.05, 3.63) is 48.6 Å². The molecule has 6 rings (SSSR count). The lowest BCUT2D eigenvalue weighted by Gasteiger charge is -2.35. The first-order chi connectivity index (χ1) is 18.0. The van der Waals surface area contributed by atoms with E-state index < -0.39 is 22.6 Å². The van der Waals surface area contributed by atoms with Gasteiger partial charge in [0.2, 0.25) is 17.7 Å². The summed E-state index contributed by atoms with van der Waals surface area (Å²) >= 11 is 1.55. The molecule has 1 aromatic heterocycles. The average Bonchev–Trinajstić information content (AvgIpc) is 3.44. The van der Waals surface area contributed by atoms with Crippen LogP contribution in [0.5, 0.6) is 0 Å². The first-order valence-electron chi connectivity index (χ1n) is 12.8. The number of hydrogen-bond donors (Lipinski definition) is 1. The molecule has 2 fully saturated rings. The fourth-order valence-electron chi connectivity index (χ4n) is 6.37. The summed E-state index contributed by atoms with van der Waals surface area (Å²) < 4.78 is 0.803. The van der Waals surface area contributed by atoms with E-state index in [-0.39, 0.29) is 42.8 Å². The lowest BCUT2D eigenvalue weighted by molar-refractivity contribution is -0.145. The summed E-state index contributed by atoms with van der Waals surface area (Å²) in [7, 11) is 0. The minimum Gasteiger partial charge on any atom is -0.395 e. The lowest BCUT2D eigenvalue weighted by Crippen LogP contribution is -2.53. The number of aromatic nitrogens is 3. The van der Waals surface area contributed by atoms with Gasteiger partial charge in [-0.2, -0.15) is 0 Å². The molecule has 3 amide bonds. The van der Waals surface area contributed by atoms with Crippen LogP contribution in [0.15, 0.2) is 48.6 Å². The second-order valence-corrected chi connectivity index (χ2v) is 11.5. The van der Waals surface area contributed by atoms with Gasteiger partial charge in [-0.1, -0.05) is 48.6 Å². The number of likely N-dealkylation sites (tertiary alicyclic amines) is 1. The van der Waals surface area contributed by atoms with E-state index in [0.717, 1.165) is 17.5 Å². The fourth-order valence-corrected chi connectivity index (χ4v) is 8.37. The Kier molecular flexibility index (Phi) is 6.07. The van der Waals surface area contributed by atoms with Crippen molar-refractivity contribution >= 4 is 40.5 Å². The van der Waals surface area contributed by atoms with E-state index in [4.69, 9.17) is 0 Å². The maximum absolute atomic E-state index is 14.2. The molecule has 2 aromatic rings. The van der Waals surface area contributed by atoms with E-state index in [1.807, 2.05) is 60.4 Å². The SMILES string of the molecule is CCCN1CC=C[C@@H]2S[C@]34C=CCN(Cn5nnc6ccccc65)C(=O)C3N(CCO)C(=O)[C@@H]4[C@@H]2C1=O. The lowest BCUT2D eigenvalue weighted by atomic mass is 9.78. The maximum atomic E-state index is 14.2. The van der Waals surface area contributed by atoms with Crippen LogP contribution in [0.25, 0.3) is 11.0 Å². The molecule has 10 nitrogen and oxygen atoms in total.